The van der Waals surface area contributed by atoms with Crippen molar-refractivity contribution >= 4 is 21.6 Å². The van der Waals surface area contributed by atoms with E-state index < -0.39 is 37.4 Å². The van der Waals surface area contributed by atoms with Gasteiger partial charge in [-0.2, -0.15) is 0 Å². The molecule has 11 heteroatoms. The standard InChI is InChI=1S/C13H9F2N3O5S/c14-10-2-1-3-11(15)12(10)24(22,23)17-16-13(19)8-4-6-9(7-5-8)18(20)21/h1-7,17H,(H,16,19). The number of nitrogens with one attached hydrogen (secondary N) is 2. The Bertz CT molecular complexity index is 880. The highest BCUT2D eigenvalue weighted by Crippen LogP contribution is 2.17. The lowest BCUT2D eigenvalue weighted by Crippen LogP contribution is -2.42. The Morgan fingerprint density at radius 2 is 1.58 bits per heavy atom. The molecule has 0 saturated carbocycles. The molecule has 0 spiro atoms. The van der Waals surface area contributed by atoms with Gasteiger partial charge in [0, 0.05) is 17.7 Å². The van der Waals surface area contributed by atoms with Crippen molar-refractivity contribution in [1.29, 1.82) is 0 Å². The second kappa shape index (κ2) is 6.68. The molecule has 8 nitrogen and oxygen atoms in total. The van der Waals surface area contributed by atoms with Gasteiger partial charge in [-0.1, -0.05) is 6.07 Å². The molecule has 0 aromatic heterocycles. The molecule has 1 amide bonds. The largest absolute Gasteiger partial charge is 0.273 e. The van der Waals surface area contributed by atoms with Crippen LogP contribution >= 0.6 is 0 Å². The van der Waals surface area contributed by atoms with E-state index in [1.807, 2.05) is 0 Å². The van der Waals surface area contributed by atoms with Crippen LogP contribution in [0.4, 0.5) is 14.5 Å². The van der Waals surface area contributed by atoms with E-state index in [0.717, 1.165) is 42.5 Å². The molecule has 0 saturated heterocycles. The number of rotatable bonds is 5. The number of hydrazine groups is 1. The van der Waals surface area contributed by atoms with E-state index in [4.69, 9.17) is 0 Å². The minimum absolute atomic E-state index is 0.0997. The van der Waals surface area contributed by atoms with Gasteiger partial charge in [-0.3, -0.25) is 20.3 Å². The van der Waals surface area contributed by atoms with E-state index in [1.165, 1.54) is 0 Å². The average Bonchev–Trinajstić information content (AvgIpc) is 2.52. The Balaban J connectivity index is 2.14. The zero-order chi connectivity index (χ0) is 17.9. The van der Waals surface area contributed by atoms with E-state index in [-0.39, 0.29) is 11.3 Å². The van der Waals surface area contributed by atoms with Gasteiger partial charge in [-0.25, -0.2) is 17.2 Å². The summed E-state index contributed by atoms with van der Waals surface area (Å²) in [5.41, 5.74) is 1.40. The number of sulfonamides is 1. The SMILES string of the molecule is O=C(NNS(=O)(=O)c1c(F)cccc1F)c1ccc([N+](=O)[O-])cc1. The Hall–Kier alpha value is -2.92. The third kappa shape index (κ3) is 3.70. The van der Waals surface area contributed by atoms with Crippen LogP contribution in [0.5, 0.6) is 0 Å². The van der Waals surface area contributed by atoms with Crippen LogP contribution in [0, 0.1) is 21.7 Å². The van der Waals surface area contributed by atoms with Gasteiger partial charge in [0.25, 0.3) is 21.6 Å². The molecule has 0 aliphatic carbocycles. The lowest BCUT2D eigenvalue weighted by atomic mass is 10.2. The minimum atomic E-state index is -4.69. The first-order chi connectivity index (χ1) is 11.2. The highest BCUT2D eigenvalue weighted by molar-refractivity contribution is 7.89. The van der Waals surface area contributed by atoms with E-state index in [9.17, 15) is 32.1 Å². The van der Waals surface area contributed by atoms with Gasteiger partial charge in [0.1, 0.15) is 11.6 Å². The molecular weight excluding hydrogens is 348 g/mol. The van der Waals surface area contributed by atoms with Gasteiger partial charge in [0.05, 0.1) is 4.92 Å². The molecule has 0 aliphatic heterocycles. The van der Waals surface area contributed by atoms with Gasteiger partial charge in [-0.15, -0.1) is 4.83 Å². The van der Waals surface area contributed by atoms with Gasteiger partial charge in [-0.05, 0) is 24.3 Å². The number of halogens is 2. The summed E-state index contributed by atoms with van der Waals surface area (Å²) in [6.45, 7) is 0. The van der Waals surface area contributed by atoms with Gasteiger partial charge >= 0.3 is 0 Å². The zero-order valence-electron chi connectivity index (χ0n) is 11.7. The molecular formula is C13H9F2N3O5S. The van der Waals surface area contributed by atoms with Crippen molar-refractivity contribution in [1.82, 2.24) is 10.3 Å². The van der Waals surface area contributed by atoms with Crippen molar-refractivity contribution in [3.8, 4) is 0 Å². The number of nitro benzene ring substituents is 1. The van der Waals surface area contributed by atoms with Crippen LogP contribution in [0.25, 0.3) is 0 Å². The van der Waals surface area contributed by atoms with E-state index in [2.05, 4.69) is 0 Å². The predicted octanol–water partition coefficient (Wildman–Crippen LogP) is 1.50. The van der Waals surface area contributed by atoms with Crippen LogP contribution in [0.3, 0.4) is 0 Å². The molecule has 0 atom stereocenters. The number of amides is 1. The first-order valence-electron chi connectivity index (χ1n) is 6.23. The Kier molecular flexibility index (Phi) is 4.85. The van der Waals surface area contributed by atoms with E-state index in [1.54, 1.807) is 10.3 Å². The van der Waals surface area contributed by atoms with Crippen molar-refractivity contribution in [3.63, 3.8) is 0 Å². The van der Waals surface area contributed by atoms with Crippen LogP contribution in [-0.2, 0) is 10.0 Å². The summed E-state index contributed by atoms with van der Waals surface area (Å²) >= 11 is 0. The van der Waals surface area contributed by atoms with Crippen LogP contribution in [0.15, 0.2) is 47.4 Å². The lowest BCUT2D eigenvalue weighted by Gasteiger charge is -2.09. The summed E-state index contributed by atoms with van der Waals surface area (Å²) in [7, 11) is -4.69. The molecule has 24 heavy (non-hydrogen) atoms. The highest BCUT2D eigenvalue weighted by atomic mass is 32.2. The molecule has 0 bridgehead atoms. The van der Waals surface area contributed by atoms with Gasteiger partial charge in [0.2, 0.25) is 0 Å². The number of hydrogen-bond acceptors (Lipinski definition) is 5. The summed E-state index contributed by atoms with van der Waals surface area (Å²) in [6, 6.07) is 6.74. The second-order valence-electron chi connectivity index (χ2n) is 4.41. The van der Waals surface area contributed by atoms with Crippen molar-refractivity contribution in [2.45, 2.75) is 4.90 Å². The van der Waals surface area contributed by atoms with Crippen molar-refractivity contribution in [2.24, 2.45) is 0 Å². The van der Waals surface area contributed by atoms with Crippen LogP contribution < -0.4 is 10.3 Å². The van der Waals surface area contributed by atoms with Crippen molar-refractivity contribution in [2.75, 3.05) is 0 Å². The third-order valence-electron chi connectivity index (χ3n) is 2.83. The zero-order valence-corrected chi connectivity index (χ0v) is 12.5. The molecule has 0 unspecified atom stereocenters. The highest BCUT2D eigenvalue weighted by Gasteiger charge is 2.24. The Morgan fingerprint density at radius 3 is 2.08 bits per heavy atom. The quantitative estimate of drug-likeness (QED) is 0.621. The average molecular weight is 357 g/mol. The van der Waals surface area contributed by atoms with Crippen molar-refractivity contribution < 1.29 is 26.9 Å². The topological polar surface area (TPSA) is 118 Å². The molecule has 2 aromatic rings. The summed E-state index contributed by atoms with van der Waals surface area (Å²) in [6.07, 6.45) is 0. The molecule has 2 N–H and O–H groups in total. The van der Waals surface area contributed by atoms with E-state index in [0.29, 0.717) is 0 Å². The second-order valence-corrected chi connectivity index (χ2v) is 6.03. The fourth-order valence-corrected chi connectivity index (χ4v) is 2.69. The van der Waals surface area contributed by atoms with Crippen LogP contribution in [0.2, 0.25) is 0 Å². The normalized spacial score (nSPS) is 11.1. The summed E-state index contributed by atoms with van der Waals surface area (Å²) in [4.78, 5) is 21.9. The number of nitrogens with zero attached hydrogens (tertiary/aromatic N) is 1. The number of nitro groups is 1. The number of hydrogen-bond donors (Lipinski definition) is 2. The summed E-state index contributed by atoms with van der Waals surface area (Å²) in [5.74, 6) is -3.62. The minimum Gasteiger partial charge on any atom is -0.273 e. The Morgan fingerprint density at radius 1 is 1.04 bits per heavy atom. The Labute approximate surface area is 134 Å². The molecule has 0 fully saturated rings. The third-order valence-corrected chi connectivity index (χ3v) is 4.13. The molecule has 2 rings (SSSR count). The predicted molar refractivity (Wildman–Crippen MR) is 77.2 cm³/mol. The number of carbonyl (C=O) groups excluding carboxylic acids is 1. The summed E-state index contributed by atoms with van der Waals surface area (Å²) in [5, 5.41) is 10.5. The molecule has 126 valence electrons. The van der Waals surface area contributed by atoms with Crippen molar-refractivity contribution in [3.05, 3.63) is 69.8 Å². The van der Waals surface area contributed by atoms with Gasteiger partial charge in [0.15, 0.2) is 4.90 Å². The maximum Gasteiger partial charge on any atom is 0.269 e. The first kappa shape index (κ1) is 17.4. The maximum absolute atomic E-state index is 13.5. The molecule has 0 radical (unpaired) electrons. The molecule has 2 aromatic carbocycles. The molecule has 0 aliphatic rings. The number of carbonyl (C=O) groups is 1. The van der Waals surface area contributed by atoms with Crippen LogP contribution in [-0.4, -0.2) is 19.2 Å². The monoisotopic (exact) mass is 357 g/mol. The first-order valence-corrected chi connectivity index (χ1v) is 7.71. The maximum atomic E-state index is 13.5. The van der Waals surface area contributed by atoms with E-state index >= 15 is 0 Å². The lowest BCUT2D eigenvalue weighted by molar-refractivity contribution is -0.384. The summed E-state index contributed by atoms with van der Waals surface area (Å²) < 4.78 is 50.7. The van der Waals surface area contributed by atoms with Gasteiger partial charge < -0.3 is 0 Å². The smallest absolute Gasteiger partial charge is 0.269 e. The number of benzene rings is 2. The van der Waals surface area contributed by atoms with Crippen LogP contribution in [0.1, 0.15) is 10.4 Å². The molecule has 0 heterocycles. The fraction of sp³-hybridized carbons (Fsp3) is 0. The fourth-order valence-electron chi connectivity index (χ4n) is 1.71. The number of non-ortho nitro benzene ring substituents is 1.